The van der Waals surface area contributed by atoms with Crippen molar-refractivity contribution in [3.63, 3.8) is 0 Å². The van der Waals surface area contributed by atoms with Crippen LogP contribution in [0.25, 0.3) is 0 Å². The second-order valence-corrected chi connectivity index (χ2v) is 15.7. The predicted molar refractivity (Wildman–Crippen MR) is 135 cm³/mol. The van der Waals surface area contributed by atoms with E-state index >= 15 is 0 Å². The quantitative estimate of drug-likeness (QED) is 0.264. The summed E-state index contributed by atoms with van der Waals surface area (Å²) in [6.07, 6.45) is 0. The first-order valence-electron chi connectivity index (χ1n) is 8.01. The van der Waals surface area contributed by atoms with Crippen LogP contribution in [0.3, 0.4) is 0 Å². The monoisotopic (exact) mass is 774 g/mol. The van der Waals surface area contributed by atoms with E-state index in [9.17, 15) is 19.8 Å². The smallest absolute Gasteiger partial charge is 0.336 e. The molecule has 28 heavy (non-hydrogen) atoms. The summed E-state index contributed by atoms with van der Waals surface area (Å²) in [6.45, 7) is 7.88. The number of hydrogen-bond acceptors (Lipinski definition) is 2. The fraction of sp³-hybridized carbons (Fsp3) is 0.556. The van der Waals surface area contributed by atoms with Crippen LogP contribution in [0.5, 0.6) is 0 Å². The van der Waals surface area contributed by atoms with E-state index in [1.54, 1.807) is 6.07 Å². The van der Waals surface area contributed by atoms with E-state index in [0.29, 0.717) is 21.8 Å². The van der Waals surface area contributed by atoms with Crippen molar-refractivity contribution in [3.05, 3.63) is 34.4 Å². The number of alkyl halides is 6. The summed E-state index contributed by atoms with van der Waals surface area (Å²) in [5, 5.41) is 20.7. The van der Waals surface area contributed by atoms with Crippen molar-refractivity contribution in [3.8, 4) is 0 Å². The molecule has 1 aromatic carbocycles. The standard InChI is InChI=1S/C18H20Br6O4/c1-15(2,7-19)17(21,22)10-6-5-9(13(25)26)11(14(27)28)12(10)18(23,24)16(3,4)8-20/h5-6H,7-8H2,1-4H3,(H,25,26)(H,27,28). The maximum Gasteiger partial charge on any atom is 0.336 e. The van der Waals surface area contributed by atoms with Gasteiger partial charge in [0.15, 0.2) is 0 Å². The van der Waals surface area contributed by atoms with Gasteiger partial charge in [0, 0.05) is 27.1 Å². The van der Waals surface area contributed by atoms with Crippen molar-refractivity contribution in [2.24, 2.45) is 10.8 Å². The van der Waals surface area contributed by atoms with Crippen molar-refractivity contribution in [1.82, 2.24) is 0 Å². The molecule has 1 aromatic rings. The Morgan fingerprint density at radius 2 is 1.25 bits per heavy atom. The van der Waals surface area contributed by atoms with Crippen LogP contribution in [-0.2, 0) is 6.47 Å². The van der Waals surface area contributed by atoms with Gasteiger partial charge in [-0.25, -0.2) is 9.59 Å². The molecule has 158 valence electrons. The largest absolute Gasteiger partial charge is 0.478 e. The molecule has 0 amide bonds. The number of benzene rings is 1. The van der Waals surface area contributed by atoms with Gasteiger partial charge in [0.2, 0.25) is 0 Å². The molecule has 0 saturated carbocycles. The Labute approximate surface area is 215 Å². The van der Waals surface area contributed by atoms with Crippen molar-refractivity contribution < 1.29 is 19.8 Å². The van der Waals surface area contributed by atoms with E-state index in [0.717, 1.165) is 0 Å². The van der Waals surface area contributed by atoms with Gasteiger partial charge in [0.05, 0.1) is 11.1 Å². The van der Waals surface area contributed by atoms with Crippen LogP contribution >= 0.6 is 95.6 Å². The van der Waals surface area contributed by atoms with Crippen molar-refractivity contribution in [2.75, 3.05) is 10.7 Å². The summed E-state index contributed by atoms with van der Waals surface area (Å²) in [6, 6.07) is 2.99. The molecule has 0 spiro atoms. The van der Waals surface area contributed by atoms with E-state index < -0.39 is 29.2 Å². The van der Waals surface area contributed by atoms with Crippen LogP contribution in [0.4, 0.5) is 0 Å². The zero-order valence-electron chi connectivity index (χ0n) is 15.5. The first kappa shape index (κ1) is 27.1. The predicted octanol–water partition coefficient (Wildman–Crippen LogP) is 7.81. The van der Waals surface area contributed by atoms with Crippen LogP contribution < -0.4 is 0 Å². The average Bonchev–Trinajstić information content (AvgIpc) is 2.59. The molecule has 0 unspecified atom stereocenters. The van der Waals surface area contributed by atoms with Crippen LogP contribution in [-0.4, -0.2) is 32.8 Å². The number of hydrogen-bond donors (Lipinski definition) is 2. The lowest BCUT2D eigenvalue weighted by Crippen LogP contribution is -2.40. The van der Waals surface area contributed by atoms with Crippen molar-refractivity contribution in [1.29, 1.82) is 0 Å². The maximum atomic E-state index is 12.3. The molecule has 0 aliphatic carbocycles. The van der Waals surface area contributed by atoms with E-state index in [4.69, 9.17) is 0 Å². The molecule has 2 N–H and O–H groups in total. The highest BCUT2D eigenvalue weighted by molar-refractivity contribution is 9.25. The minimum absolute atomic E-state index is 0.263. The van der Waals surface area contributed by atoms with Gasteiger partial charge in [-0.15, -0.1) is 0 Å². The minimum Gasteiger partial charge on any atom is -0.478 e. The molecule has 0 saturated heterocycles. The lowest BCUT2D eigenvalue weighted by molar-refractivity contribution is 0.0649. The zero-order valence-corrected chi connectivity index (χ0v) is 25.1. The fourth-order valence-electron chi connectivity index (χ4n) is 2.46. The highest BCUT2D eigenvalue weighted by Gasteiger charge is 2.51. The number of carbonyl (C=O) groups is 2. The molecule has 10 heteroatoms. The van der Waals surface area contributed by atoms with E-state index in [-0.39, 0.29) is 11.1 Å². The third-order valence-electron chi connectivity index (χ3n) is 4.67. The molecule has 0 heterocycles. The second-order valence-electron chi connectivity index (χ2n) is 7.70. The zero-order chi connectivity index (χ0) is 22.3. The summed E-state index contributed by atoms with van der Waals surface area (Å²) in [4.78, 5) is 24.1. The minimum atomic E-state index is -1.31. The van der Waals surface area contributed by atoms with Gasteiger partial charge in [-0.05, 0) is 11.6 Å². The molecule has 0 atom stereocenters. The van der Waals surface area contributed by atoms with Crippen LogP contribution in [0, 0.1) is 10.8 Å². The molecule has 0 aliphatic heterocycles. The Balaban J connectivity index is 4.20. The van der Waals surface area contributed by atoms with Gasteiger partial charge in [0.1, 0.15) is 6.47 Å². The third-order valence-corrected chi connectivity index (χ3v) is 13.4. The Morgan fingerprint density at radius 1 is 0.821 bits per heavy atom. The Morgan fingerprint density at radius 3 is 1.61 bits per heavy atom. The Bertz CT molecular complexity index is 787. The Hall–Kier alpha value is 1.04. The molecule has 0 radical (unpaired) electrons. The highest BCUT2D eigenvalue weighted by Crippen LogP contribution is 2.61. The van der Waals surface area contributed by atoms with E-state index in [1.807, 2.05) is 27.7 Å². The normalized spacial score (nSPS) is 13.5. The summed E-state index contributed by atoms with van der Waals surface area (Å²) in [5.74, 6) is -2.61. The molecular weight excluding hydrogens is 760 g/mol. The number of halogens is 6. The van der Waals surface area contributed by atoms with Crippen LogP contribution in [0.1, 0.15) is 59.5 Å². The van der Waals surface area contributed by atoms with E-state index in [2.05, 4.69) is 95.6 Å². The van der Waals surface area contributed by atoms with Gasteiger partial charge in [-0.3, -0.25) is 0 Å². The molecule has 1 rings (SSSR count). The summed E-state index contributed by atoms with van der Waals surface area (Å²) >= 11 is 21.9. The number of carboxylic acids is 2. The van der Waals surface area contributed by atoms with Gasteiger partial charge in [0.25, 0.3) is 0 Å². The molecule has 4 nitrogen and oxygen atoms in total. The van der Waals surface area contributed by atoms with Gasteiger partial charge < -0.3 is 10.2 Å². The van der Waals surface area contributed by atoms with Gasteiger partial charge >= 0.3 is 11.9 Å². The molecule has 0 aliphatic rings. The SMILES string of the molecule is CC(C)(CBr)C(Br)(Br)c1ccc(C(=O)O)c(C(=O)O)c1C(Br)(Br)C(C)(C)CBr. The van der Waals surface area contributed by atoms with Crippen LogP contribution in [0.2, 0.25) is 0 Å². The maximum absolute atomic E-state index is 12.3. The lowest BCUT2D eigenvalue weighted by Gasteiger charge is -2.44. The van der Waals surface area contributed by atoms with Gasteiger partial charge in [-0.2, -0.15) is 0 Å². The molecule has 0 bridgehead atoms. The van der Waals surface area contributed by atoms with Crippen LogP contribution in [0.15, 0.2) is 12.1 Å². The Kier molecular flexibility index (Phi) is 8.96. The molecule has 0 aromatic heterocycles. The molecule has 0 fully saturated rings. The topological polar surface area (TPSA) is 74.6 Å². The summed E-state index contributed by atoms with van der Waals surface area (Å²) in [5.41, 5.74) is -0.516. The number of aromatic carboxylic acids is 2. The van der Waals surface area contributed by atoms with E-state index in [1.165, 1.54) is 6.07 Å². The molecular formula is C18H20Br6O4. The number of rotatable bonds is 8. The fourth-order valence-corrected chi connectivity index (χ4v) is 6.85. The first-order chi connectivity index (χ1) is 12.5. The average molecular weight is 780 g/mol. The second kappa shape index (κ2) is 9.27. The summed E-state index contributed by atoms with van der Waals surface area (Å²) < 4.78 is -1.89. The number of carboxylic acid groups (broad SMARTS) is 2. The van der Waals surface area contributed by atoms with Gasteiger partial charge in [-0.1, -0.05) is 129 Å². The lowest BCUT2D eigenvalue weighted by atomic mass is 9.78. The van der Waals surface area contributed by atoms with Crippen molar-refractivity contribution in [2.45, 2.75) is 34.2 Å². The third kappa shape index (κ3) is 4.76. The summed E-state index contributed by atoms with van der Waals surface area (Å²) in [7, 11) is 0. The first-order valence-corrected chi connectivity index (χ1v) is 13.4. The highest BCUT2D eigenvalue weighted by atomic mass is 79.9. The van der Waals surface area contributed by atoms with Crippen molar-refractivity contribution >= 4 is 108 Å².